The van der Waals surface area contributed by atoms with Crippen LogP contribution in [0.15, 0.2) is 12.1 Å². The lowest BCUT2D eigenvalue weighted by Crippen LogP contribution is -2.31. The highest BCUT2D eigenvalue weighted by atomic mass is 35.5. The zero-order valence-corrected chi connectivity index (χ0v) is 10.7. The molecule has 4 nitrogen and oxygen atoms in total. The monoisotopic (exact) mass is 256 g/mol. The summed E-state index contributed by atoms with van der Waals surface area (Å²) in [6.07, 6.45) is -0.0600. The van der Waals surface area contributed by atoms with Crippen molar-refractivity contribution in [2.24, 2.45) is 5.73 Å². The molecule has 0 aliphatic heterocycles. The fraction of sp³-hybridized carbons (Fsp3) is 0.417. The minimum atomic E-state index is -0.897. The van der Waals surface area contributed by atoms with Gasteiger partial charge in [-0.25, -0.2) is 0 Å². The van der Waals surface area contributed by atoms with Crippen LogP contribution in [-0.4, -0.2) is 23.7 Å². The molecule has 1 aromatic carbocycles. The van der Waals surface area contributed by atoms with E-state index in [0.29, 0.717) is 11.6 Å². The third kappa shape index (κ3) is 4.24. The van der Waals surface area contributed by atoms with Crippen LogP contribution in [0, 0.1) is 13.8 Å². The number of anilines is 1. The van der Waals surface area contributed by atoms with Gasteiger partial charge in [-0.15, -0.1) is 0 Å². The van der Waals surface area contributed by atoms with E-state index in [1.54, 1.807) is 0 Å². The summed E-state index contributed by atoms with van der Waals surface area (Å²) in [5, 5.41) is 12.3. The molecular formula is C12H17ClN2O2. The zero-order valence-electron chi connectivity index (χ0n) is 9.96. The lowest BCUT2D eigenvalue weighted by Gasteiger charge is -2.15. The number of hydrogen-bond acceptors (Lipinski definition) is 3. The van der Waals surface area contributed by atoms with Gasteiger partial charge in [-0.3, -0.25) is 4.79 Å². The standard InChI is InChI=1S/C12H17ClN2O2/c1-7-3-8(2)12(10(13)4-7)15-6-9(14)5-11(16)17/h3-4,9,15H,5-6,14H2,1-2H3,(H,16,17). The molecule has 0 spiro atoms. The second-order valence-electron chi connectivity index (χ2n) is 4.18. The highest BCUT2D eigenvalue weighted by molar-refractivity contribution is 6.33. The molecule has 0 aromatic heterocycles. The van der Waals surface area contributed by atoms with Crippen molar-refractivity contribution in [1.82, 2.24) is 0 Å². The quantitative estimate of drug-likeness (QED) is 0.755. The first-order valence-electron chi connectivity index (χ1n) is 5.38. The Morgan fingerprint density at radius 2 is 2.18 bits per heavy atom. The van der Waals surface area contributed by atoms with Crippen LogP contribution in [0.25, 0.3) is 0 Å². The molecule has 94 valence electrons. The Morgan fingerprint density at radius 1 is 1.53 bits per heavy atom. The average molecular weight is 257 g/mol. The number of hydrogen-bond donors (Lipinski definition) is 3. The summed E-state index contributed by atoms with van der Waals surface area (Å²) in [6.45, 7) is 4.30. The third-order valence-electron chi connectivity index (χ3n) is 2.41. The number of rotatable bonds is 5. The van der Waals surface area contributed by atoms with Gasteiger partial charge in [0.2, 0.25) is 0 Å². The number of nitrogens with two attached hydrogens (primary N) is 1. The van der Waals surface area contributed by atoms with Gasteiger partial charge >= 0.3 is 5.97 Å². The summed E-state index contributed by atoms with van der Waals surface area (Å²) in [5.74, 6) is -0.897. The van der Waals surface area contributed by atoms with Crippen LogP contribution in [0.2, 0.25) is 5.02 Å². The molecule has 0 aliphatic carbocycles. The van der Waals surface area contributed by atoms with Crippen molar-refractivity contribution in [2.75, 3.05) is 11.9 Å². The van der Waals surface area contributed by atoms with E-state index in [2.05, 4.69) is 5.32 Å². The van der Waals surface area contributed by atoms with Gasteiger partial charge in [0.1, 0.15) is 0 Å². The van der Waals surface area contributed by atoms with Gasteiger partial charge in [-0.2, -0.15) is 0 Å². The van der Waals surface area contributed by atoms with E-state index in [0.717, 1.165) is 16.8 Å². The molecule has 0 fully saturated rings. The summed E-state index contributed by atoms with van der Waals surface area (Å²) in [6, 6.07) is 3.44. The molecule has 0 saturated carbocycles. The second kappa shape index (κ2) is 5.89. The second-order valence-corrected chi connectivity index (χ2v) is 4.58. The van der Waals surface area contributed by atoms with Crippen molar-refractivity contribution >= 4 is 23.3 Å². The Labute approximate surface area is 106 Å². The SMILES string of the molecule is Cc1cc(C)c(NCC(N)CC(=O)O)c(Cl)c1. The number of aryl methyl sites for hydroxylation is 2. The van der Waals surface area contributed by atoms with Crippen LogP contribution < -0.4 is 11.1 Å². The number of aliphatic carboxylic acids is 1. The van der Waals surface area contributed by atoms with Gasteiger partial charge in [0.25, 0.3) is 0 Å². The Kier molecular flexibility index (Phi) is 4.78. The Bertz CT molecular complexity index is 398. The maximum absolute atomic E-state index is 10.5. The van der Waals surface area contributed by atoms with E-state index in [4.69, 9.17) is 22.4 Å². The van der Waals surface area contributed by atoms with Crippen molar-refractivity contribution in [3.8, 4) is 0 Å². The average Bonchev–Trinajstić information content (AvgIpc) is 2.14. The summed E-state index contributed by atoms with van der Waals surface area (Å²) in [7, 11) is 0. The van der Waals surface area contributed by atoms with Gasteiger partial charge in [-0.05, 0) is 31.0 Å². The molecule has 0 aliphatic rings. The summed E-state index contributed by atoms with van der Waals surface area (Å²) in [4.78, 5) is 10.5. The summed E-state index contributed by atoms with van der Waals surface area (Å²) in [5.41, 5.74) is 8.60. The van der Waals surface area contributed by atoms with E-state index >= 15 is 0 Å². The predicted molar refractivity (Wildman–Crippen MR) is 69.6 cm³/mol. The Hall–Kier alpha value is -1.26. The number of nitrogens with one attached hydrogen (secondary N) is 1. The molecule has 17 heavy (non-hydrogen) atoms. The molecule has 1 rings (SSSR count). The van der Waals surface area contributed by atoms with Gasteiger partial charge in [0.15, 0.2) is 0 Å². The van der Waals surface area contributed by atoms with Crippen LogP contribution in [0.1, 0.15) is 17.5 Å². The molecule has 0 bridgehead atoms. The van der Waals surface area contributed by atoms with Gasteiger partial charge in [-0.1, -0.05) is 17.7 Å². The van der Waals surface area contributed by atoms with Crippen LogP contribution in [-0.2, 0) is 4.79 Å². The van der Waals surface area contributed by atoms with Crippen molar-refractivity contribution in [1.29, 1.82) is 0 Å². The Balaban J connectivity index is 2.66. The lowest BCUT2D eigenvalue weighted by molar-refractivity contribution is -0.137. The molecule has 1 aromatic rings. The minimum absolute atomic E-state index is 0.0600. The minimum Gasteiger partial charge on any atom is -0.481 e. The molecule has 0 heterocycles. The molecule has 0 amide bonds. The topological polar surface area (TPSA) is 75.3 Å². The number of benzene rings is 1. The first-order valence-corrected chi connectivity index (χ1v) is 5.76. The fourth-order valence-corrected chi connectivity index (χ4v) is 2.06. The Morgan fingerprint density at radius 3 is 2.71 bits per heavy atom. The largest absolute Gasteiger partial charge is 0.481 e. The molecule has 1 unspecified atom stereocenters. The summed E-state index contributed by atoms with van der Waals surface area (Å²) < 4.78 is 0. The van der Waals surface area contributed by atoms with Gasteiger partial charge < -0.3 is 16.2 Å². The van der Waals surface area contributed by atoms with Crippen LogP contribution in [0.5, 0.6) is 0 Å². The highest BCUT2D eigenvalue weighted by Crippen LogP contribution is 2.27. The maximum Gasteiger partial charge on any atom is 0.304 e. The fourth-order valence-electron chi connectivity index (χ4n) is 1.67. The van der Waals surface area contributed by atoms with E-state index < -0.39 is 12.0 Å². The van der Waals surface area contributed by atoms with E-state index in [9.17, 15) is 4.79 Å². The molecule has 4 N–H and O–H groups in total. The van der Waals surface area contributed by atoms with Crippen molar-refractivity contribution in [3.63, 3.8) is 0 Å². The molecule has 0 radical (unpaired) electrons. The number of carbonyl (C=O) groups is 1. The van der Waals surface area contributed by atoms with E-state index in [1.807, 2.05) is 26.0 Å². The maximum atomic E-state index is 10.5. The van der Waals surface area contributed by atoms with Crippen LogP contribution in [0.3, 0.4) is 0 Å². The number of carboxylic acids is 1. The highest BCUT2D eigenvalue weighted by Gasteiger charge is 2.10. The molecule has 5 heteroatoms. The van der Waals surface area contributed by atoms with Crippen molar-refractivity contribution in [2.45, 2.75) is 26.3 Å². The first kappa shape index (κ1) is 13.8. The first-order chi connectivity index (χ1) is 7.90. The van der Waals surface area contributed by atoms with Crippen LogP contribution in [0.4, 0.5) is 5.69 Å². The van der Waals surface area contributed by atoms with Crippen LogP contribution >= 0.6 is 11.6 Å². The number of carboxylic acid groups (broad SMARTS) is 1. The van der Waals surface area contributed by atoms with E-state index in [-0.39, 0.29) is 6.42 Å². The molecular weight excluding hydrogens is 240 g/mol. The van der Waals surface area contributed by atoms with Crippen molar-refractivity contribution in [3.05, 3.63) is 28.3 Å². The molecule has 0 saturated heterocycles. The van der Waals surface area contributed by atoms with E-state index in [1.165, 1.54) is 0 Å². The van der Waals surface area contributed by atoms with Gasteiger partial charge in [0.05, 0.1) is 17.1 Å². The lowest BCUT2D eigenvalue weighted by atomic mass is 10.1. The smallest absolute Gasteiger partial charge is 0.304 e. The van der Waals surface area contributed by atoms with Gasteiger partial charge in [0, 0.05) is 12.6 Å². The number of halogens is 1. The van der Waals surface area contributed by atoms with Crippen molar-refractivity contribution < 1.29 is 9.90 Å². The predicted octanol–water partition coefficient (Wildman–Crippen LogP) is 2.17. The zero-order chi connectivity index (χ0) is 13.0. The third-order valence-corrected chi connectivity index (χ3v) is 2.71. The molecule has 1 atom stereocenters. The normalized spacial score (nSPS) is 12.2. The summed E-state index contributed by atoms with van der Waals surface area (Å²) >= 11 is 6.10.